The predicted molar refractivity (Wildman–Crippen MR) is 76.1 cm³/mol. The van der Waals surface area contributed by atoms with Crippen molar-refractivity contribution in [1.82, 2.24) is 10.6 Å². The van der Waals surface area contributed by atoms with Gasteiger partial charge >= 0.3 is 5.97 Å². The molecule has 1 heterocycles. The Morgan fingerprint density at radius 3 is 2.45 bits per heavy atom. The number of amides is 2. The van der Waals surface area contributed by atoms with Gasteiger partial charge in [-0.2, -0.15) is 0 Å². The van der Waals surface area contributed by atoms with Crippen LogP contribution in [0, 0.1) is 5.92 Å². The molecule has 2 amide bonds. The Balaban J connectivity index is 2.69. The average molecular weight is 312 g/mol. The molecule has 0 aromatic carbocycles. The number of hydrogen-bond donors (Lipinski definition) is 4. The highest BCUT2D eigenvalue weighted by Crippen LogP contribution is 2.07. The molecule has 0 aliphatic rings. The van der Waals surface area contributed by atoms with E-state index in [4.69, 9.17) is 9.52 Å². The van der Waals surface area contributed by atoms with Gasteiger partial charge < -0.3 is 25.3 Å². The molecular weight excluding hydrogens is 292 g/mol. The molecule has 122 valence electrons. The SMILES string of the molecule is CC(C)C(NC(=O)c1ccco1)C(=O)NCC(C)(O)C(=O)O. The van der Waals surface area contributed by atoms with Crippen LogP contribution in [0.25, 0.3) is 0 Å². The molecule has 0 bridgehead atoms. The van der Waals surface area contributed by atoms with Crippen molar-refractivity contribution in [2.75, 3.05) is 6.54 Å². The van der Waals surface area contributed by atoms with Crippen LogP contribution in [0.15, 0.2) is 22.8 Å². The van der Waals surface area contributed by atoms with E-state index in [1.54, 1.807) is 19.9 Å². The lowest BCUT2D eigenvalue weighted by atomic mass is 10.0. The highest BCUT2D eigenvalue weighted by molar-refractivity contribution is 5.95. The Morgan fingerprint density at radius 1 is 1.36 bits per heavy atom. The molecule has 0 aliphatic carbocycles. The molecule has 0 radical (unpaired) electrons. The van der Waals surface area contributed by atoms with Crippen LogP contribution in [0.4, 0.5) is 0 Å². The van der Waals surface area contributed by atoms with E-state index < -0.39 is 36.0 Å². The Hall–Kier alpha value is -2.35. The summed E-state index contributed by atoms with van der Waals surface area (Å²) < 4.78 is 4.94. The number of furan rings is 1. The Bertz CT molecular complexity index is 536. The number of carboxylic acids is 1. The second-order valence-electron chi connectivity index (χ2n) is 5.47. The van der Waals surface area contributed by atoms with Crippen molar-refractivity contribution in [2.24, 2.45) is 5.92 Å². The zero-order chi connectivity index (χ0) is 16.9. The molecule has 8 nitrogen and oxygen atoms in total. The van der Waals surface area contributed by atoms with Gasteiger partial charge in [-0.15, -0.1) is 0 Å². The topological polar surface area (TPSA) is 129 Å². The van der Waals surface area contributed by atoms with Crippen LogP contribution in [0.3, 0.4) is 0 Å². The fourth-order valence-electron chi connectivity index (χ4n) is 1.60. The van der Waals surface area contributed by atoms with Crippen molar-refractivity contribution in [3.05, 3.63) is 24.2 Å². The van der Waals surface area contributed by atoms with Crippen molar-refractivity contribution in [1.29, 1.82) is 0 Å². The highest BCUT2D eigenvalue weighted by atomic mass is 16.4. The lowest BCUT2D eigenvalue weighted by Gasteiger charge is -2.24. The third-order valence-corrected chi connectivity index (χ3v) is 3.05. The molecule has 1 aromatic heterocycles. The molecule has 2 unspecified atom stereocenters. The highest BCUT2D eigenvalue weighted by Gasteiger charge is 2.32. The van der Waals surface area contributed by atoms with Gasteiger partial charge in [-0.05, 0) is 25.0 Å². The maximum Gasteiger partial charge on any atom is 0.337 e. The molecule has 0 saturated carbocycles. The van der Waals surface area contributed by atoms with Crippen LogP contribution >= 0.6 is 0 Å². The summed E-state index contributed by atoms with van der Waals surface area (Å²) in [6.45, 7) is 4.05. The molecule has 22 heavy (non-hydrogen) atoms. The quantitative estimate of drug-likeness (QED) is 0.560. The van der Waals surface area contributed by atoms with Gasteiger partial charge in [0.1, 0.15) is 6.04 Å². The molecule has 1 rings (SSSR count). The van der Waals surface area contributed by atoms with Gasteiger partial charge in [0.25, 0.3) is 5.91 Å². The summed E-state index contributed by atoms with van der Waals surface area (Å²) in [7, 11) is 0. The van der Waals surface area contributed by atoms with E-state index >= 15 is 0 Å². The van der Waals surface area contributed by atoms with Crippen LogP contribution < -0.4 is 10.6 Å². The standard InChI is InChI=1S/C14H20N2O6/c1-8(2)10(16-11(17)9-5-4-6-22-9)12(18)15-7-14(3,21)13(19)20/h4-6,8,10,21H,7H2,1-3H3,(H,15,18)(H,16,17)(H,19,20). The molecule has 4 N–H and O–H groups in total. The number of aliphatic hydroxyl groups is 1. The van der Waals surface area contributed by atoms with E-state index in [2.05, 4.69) is 10.6 Å². The Morgan fingerprint density at radius 2 is 2.00 bits per heavy atom. The summed E-state index contributed by atoms with van der Waals surface area (Å²) in [4.78, 5) is 34.8. The van der Waals surface area contributed by atoms with Crippen molar-refractivity contribution < 1.29 is 29.0 Å². The first kappa shape index (κ1) is 17.7. The van der Waals surface area contributed by atoms with E-state index in [0.29, 0.717) is 0 Å². The monoisotopic (exact) mass is 312 g/mol. The van der Waals surface area contributed by atoms with Gasteiger partial charge in [-0.3, -0.25) is 9.59 Å². The summed E-state index contributed by atoms with van der Waals surface area (Å²) >= 11 is 0. The maximum atomic E-state index is 12.1. The normalized spacial score (nSPS) is 15.0. The van der Waals surface area contributed by atoms with Crippen LogP contribution in [0.1, 0.15) is 31.3 Å². The summed E-state index contributed by atoms with van der Waals surface area (Å²) in [5, 5.41) is 23.2. The number of carbonyl (C=O) groups is 3. The molecule has 0 aliphatic heterocycles. The third kappa shape index (κ3) is 4.59. The minimum atomic E-state index is -2.08. The number of rotatable bonds is 7. The first-order valence-corrected chi connectivity index (χ1v) is 6.73. The maximum absolute atomic E-state index is 12.1. The smallest absolute Gasteiger partial charge is 0.337 e. The fraction of sp³-hybridized carbons (Fsp3) is 0.500. The minimum Gasteiger partial charge on any atom is -0.479 e. The van der Waals surface area contributed by atoms with Gasteiger partial charge in [0, 0.05) is 0 Å². The zero-order valence-corrected chi connectivity index (χ0v) is 12.6. The van der Waals surface area contributed by atoms with Crippen LogP contribution in [-0.2, 0) is 9.59 Å². The summed E-state index contributed by atoms with van der Waals surface area (Å²) in [6, 6.07) is 2.12. The van der Waals surface area contributed by atoms with E-state index in [-0.39, 0.29) is 11.7 Å². The molecule has 2 atom stereocenters. The lowest BCUT2D eigenvalue weighted by Crippen LogP contribution is -2.54. The lowest BCUT2D eigenvalue weighted by molar-refractivity contribution is -0.156. The van der Waals surface area contributed by atoms with E-state index in [1.165, 1.54) is 12.3 Å². The van der Waals surface area contributed by atoms with Gasteiger partial charge in [0.15, 0.2) is 11.4 Å². The van der Waals surface area contributed by atoms with Crippen LogP contribution in [0.5, 0.6) is 0 Å². The molecule has 0 saturated heterocycles. The minimum absolute atomic E-state index is 0.0657. The van der Waals surface area contributed by atoms with Crippen LogP contribution in [0.2, 0.25) is 0 Å². The zero-order valence-electron chi connectivity index (χ0n) is 12.6. The summed E-state index contributed by atoms with van der Waals surface area (Å²) in [6.07, 6.45) is 1.34. The Kier molecular flexibility index (Phi) is 5.69. The summed E-state index contributed by atoms with van der Waals surface area (Å²) in [5.74, 6) is -2.77. The van der Waals surface area contributed by atoms with Gasteiger partial charge in [0.2, 0.25) is 5.91 Å². The van der Waals surface area contributed by atoms with Crippen molar-refractivity contribution in [3.8, 4) is 0 Å². The molecule has 0 fully saturated rings. The van der Waals surface area contributed by atoms with Gasteiger partial charge in [0.05, 0.1) is 12.8 Å². The van der Waals surface area contributed by atoms with Gasteiger partial charge in [-0.1, -0.05) is 13.8 Å². The largest absolute Gasteiger partial charge is 0.479 e. The number of carboxylic acid groups (broad SMARTS) is 1. The molecule has 1 aromatic rings. The van der Waals surface area contributed by atoms with Crippen molar-refractivity contribution in [2.45, 2.75) is 32.4 Å². The van der Waals surface area contributed by atoms with E-state index in [0.717, 1.165) is 6.92 Å². The Labute approximate surface area is 127 Å². The van der Waals surface area contributed by atoms with Crippen molar-refractivity contribution in [3.63, 3.8) is 0 Å². The first-order valence-electron chi connectivity index (χ1n) is 6.73. The van der Waals surface area contributed by atoms with Gasteiger partial charge in [-0.25, -0.2) is 4.79 Å². The van der Waals surface area contributed by atoms with Crippen LogP contribution in [-0.4, -0.2) is 46.2 Å². The first-order chi connectivity index (χ1) is 10.1. The fourth-order valence-corrected chi connectivity index (χ4v) is 1.60. The van der Waals surface area contributed by atoms with Crippen molar-refractivity contribution >= 4 is 17.8 Å². The summed E-state index contributed by atoms with van der Waals surface area (Å²) in [5.41, 5.74) is -2.08. The molecule has 8 heteroatoms. The molecule has 0 spiro atoms. The number of nitrogens with one attached hydrogen (secondary N) is 2. The number of carbonyl (C=O) groups excluding carboxylic acids is 2. The number of aliphatic carboxylic acids is 1. The average Bonchev–Trinajstić information content (AvgIpc) is 2.95. The third-order valence-electron chi connectivity index (χ3n) is 3.05. The van der Waals surface area contributed by atoms with E-state index in [1.807, 2.05) is 0 Å². The second-order valence-corrected chi connectivity index (χ2v) is 5.47. The second kappa shape index (κ2) is 7.08. The number of hydrogen-bond acceptors (Lipinski definition) is 5. The predicted octanol–water partition coefficient (Wildman–Crippen LogP) is -0.0142. The molecular formula is C14H20N2O6. The van der Waals surface area contributed by atoms with E-state index in [9.17, 15) is 19.5 Å².